The molecule has 14 heavy (non-hydrogen) atoms. The normalized spacial score (nSPS) is 12.6. The molecule has 0 aliphatic rings. The molecule has 4 heteroatoms. The number of nitrogens with zero attached hydrogens (tertiary/aromatic N) is 2. The Morgan fingerprint density at radius 1 is 1.71 bits per heavy atom. The van der Waals surface area contributed by atoms with E-state index >= 15 is 0 Å². The number of halogens is 1. The van der Waals surface area contributed by atoms with Crippen molar-refractivity contribution in [3.63, 3.8) is 0 Å². The lowest BCUT2D eigenvalue weighted by Gasteiger charge is -2.08. The Balaban J connectivity index is 3.05. The standard InChI is InChI=1S/C10H15BrN2O/c1-7(2)8(6-14)4-10-9(11)5-12-13(10)3/h4-5,7,14H,6H2,1-3H3/b8-4+. The van der Waals surface area contributed by atoms with Crippen LogP contribution < -0.4 is 0 Å². The minimum absolute atomic E-state index is 0.0925. The maximum absolute atomic E-state index is 9.16. The SMILES string of the molecule is CC(C)/C(=C/c1c(Br)cnn1C)CO. The van der Waals surface area contributed by atoms with Crippen LogP contribution in [0, 0.1) is 5.92 Å². The van der Waals surface area contributed by atoms with Crippen LogP contribution in [0.5, 0.6) is 0 Å². The molecule has 0 fully saturated rings. The zero-order chi connectivity index (χ0) is 10.7. The van der Waals surface area contributed by atoms with Gasteiger partial charge in [0.05, 0.1) is 23.0 Å². The zero-order valence-corrected chi connectivity index (χ0v) is 10.2. The Labute approximate surface area is 92.6 Å². The average Bonchev–Trinajstić information content (AvgIpc) is 2.43. The highest BCUT2D eigenvalue weighted by Crippen LogP contribution is 2.20. The van der Waals surface area contributed by atoms with Crippen molar-refractivity contribution in [1.29, 1.82) is 0 Å². The Bertz CT molecular complexity index is 322. The van der Waals surface area contributed by atoms with Crippen LogP contribution in [0.2, 0.25) is 0 Å². The van der Waals surface area contributed by atoms with Crippen LogP contribution in [0.4, 0.5) is 0 Å². The first kappa shape index (κ1) is 11.5. The van der Waals surface area contributed by atoms with Crippen LogP contribution >= 0.6 is 15.9 Å². The fraction of sp³-hybridized carbons (Fsp3) is 0.500. The third-order valence-electron chi connectivity index (χ3n) is 2.18. The monoisotopic (exact) mass is 258 g/mol. The number of aromatic nitrogens is 2. The molecule has 1 heterocycles. The predicted molar refractivity (Wildman–Crippen MR) is 60.8 cm³/mol. The van der Waals surface area contributed by atoms with Crippen LogP contribution in [0.25, 0.3) is 6.08 Å². The Morgan fingerprint density at radius 2 is 2.36 bits per heavy atom. The van der Waals surface area contributed by atoms with E-state index in [0.717, 1.165) is 15.7 Å². The molecule has 0 radical (unpaired) electrons. The van der Waals surface area contributed by atoms with Crippen LogP contribution in [-0.4, -0.2) is 21.5 Å². The van der Waals surface area contributed by atoms with Crippen molar-refractivity contribution in [3.8, 4) is 0 Å². The maximum Gasteiger partial charge on any atom is 0.0749 e. The first-order valence-electron chi connectivity index (χ1n) is 4.55. The molecule has 1 aromatic rings. The number of aliphatic hydroxyl groups excluding tert-OH is 1. The van der Waals surface area contributed by atoms with E-state index in [1.807, 2.05) is 13.1 Å². The van der Waals surface area contributed by atoms with E-state index in [1.54, 1.807) is 10.9 Å². The van der Waals surface area contributed by atoms with Gasteiger partial charge in [0.15, 0.2) is 0 Å². The lowest BCUT2D eigenvalue weighted by atomic mass is 10.0. The summed E-state index contributed by atoms with van der Waals surface area (Å²) in [5, 5.41) is 13.3. The van der Waals surface area contributed by atoms with E-state index in [0.29, 0.717) is 5.92 Å². The van der Waals surface area contributed by atoms with Crippen LogP contribution in [0.1, 0.15) is 19.5 Å². The average molecular weight is 259 g/mol. The molecule has 78 valence electrons. The fourth-order valence-corrected chi connectivity index (χ4v) is 1.62. The molecule has 0 aliphatic heterocycles. The minimum Gasteiger partial charge on any atom is -0.392 e. The van der Waals surface area contributed by atoms with Crippen molar-refractivity contribution in [2.75, 3.05) is 6.61 Å². The lowest BCUT2D eigenvalue weighted by molar-refractivity contribution is 0.320. The summed E-state index contributed by atoms with van der Waals surface area (Å²) in [6.45, 7) is 4.22. The zero-order valence-electron chi connectivity index (χ0n) is 8.66. The number of aryl methyl sites for hydroxylation is 1. The molecular formula is C10H15BrN2O. The van der Waals surface area contributed by atoms with Crippen LogP contribution in [0.3, 0.4) is 0 Å². The summed E-state index contributed by atoms with van der Waals surface area (Å²) in [5.41, 5.74) is 2.00. The van der Waals surface area contributed by atoms with Gasteiger partial charge in [-0.15, -0.1) is 0 Å². The quantitative estimate of drug-likeness (QED) is 0.903. The van der Waals surface area contributed by atoms with Crippen molar-refractivity contribution in [3.05, 3.63) is 21.9 Å². The smallest absolute Gasteiger partial charge is 0.0749 e. The summed E-state index contributed by atoms with van der Waals surface area (Å²) in [7, 11) is 1.88. The molecule has 0 atom stereocenters. The van der Waals surface area contributed by atoms with Gasteiger partial charge in [0.1, 0.15) is 0 Å². The van der Waals surface area contributed by atoms with Crippen molar-refractivity contribution < 1.29 is 5.11 Å². The van der Waals surface area contributed by atoms with Crippen molar-refractivity contribution >= 4 is 22.0 Å². The largest absolute Gasteiger partial charge is 0.392 e. The van der Waals surface area contributed by atoms with Crippen molar-refractivity contribution in [2.24, 2.45) is 13.0 Å². The molecule has 0 saturated carbocycles. The van der Waals surface area contributed by atoms with Gasteiger partial charge in [-0.3, -0.25) is 4.68 Å². The molecule has 0 bridgehead atoms. The van der Waals surface area contributed by atoms with E-state index < -0.39 is 0 Å². The molecule has 3 nitrogen and oxygen atoms in total. The third kappa shape index (κ3) is 2.45. The van der Waals surface area contributed by atoms with E-state index in [2.05, 4.69) is 34.9 Å². The van der Waals surface area contributed by atoms with E-state index in [4.69, 9.17) is 5.11 Å². The molecule has 1 rings (SSSR count). The van der Waals surface area contributed by atoms with E-state index in [-0.39, 0.29) is 6.61 Å². The first-order valence-corrected chi connectivity index (χ1v) is 5.34. The van der Waals surface area contributed by atoms with Gasteiger partial charge in [0.2, 0.25) is 0 Å². The van der Waals surface area contributed by atoms with Gasteiger partial charge in [-0.2, -0.15) is 5.10 Å². The number of hydrogen-bond acceptors (Lipinski definition) is 2. The molecule has 1 aromatic heterocycles. The lowest BCUT2D eigenvalue weighted by Crippen LogP contribution is -2.01. The molecule has 1 N–H and O–H groups in total. The van der Waals surface area contributed by atoms with Gasteiger partial charge >= 0.3 is 0 Å². The molecule has 0 aromatic carbocycles. The Hall–Kier alpha value is -0.610. The second-order valence-electron chi connectivity index (χ2n) is 3.53. The summed E-state index contributed by atoms with van der Waals surface area (Å²) in [5.74, 6) is 0.349. The van der Waals surface area contributed by atoms with E-state index in [9.17, 15) is 0 Å². The molecular weight excluding hydrogens is 244 g/mol. The summed E-state index contributed by atoms with van der Waals surface area (Å²) < 4.78 is 2.73. The summed E-state index contributed by atoms with van der Waals surface area (Å²) >= 11 is 3.41. The van der Waals surface area contributed by atoms with E-state index in [1.165, 1.54) is 0 Å². The highest BCUT2D eigenvalue weighted by atomic mass is 79.9. The number of aliphatic hydroxyl groups is 1. The molecule has 0 spiro atoms. The second-order valence-corrected chi connectivity index (χ2v) is 4.39. The first-order chi connectivity index (χ1) is 6.56. The molecule has 0 saturated heterocycles. The summed E-state index contributed by atoms with van der Waals surface area (Å²) in [6.07, 6.45) is 3.73. The predicted octanol–water partition coefficient (Wildman–Crippen LogP) is 2.21. The Morgan fingerprint density at radius 3 is 2.71 bits per heavy atom. The third-order valence-corrected chi connectivity index (χ3v) is 2.79. The van der Waals surface area contributed by atoms with Gasteiger partial charge in [0, 0.05) is 7.05 Å². The summed E-state index contributed by atoms with van der Waals surface area (Å²) in [6, 6.07) is 0. The number of hydrogen-bond donors (Lipinski definition) is 1. The molecule has 0 amide bonds. The van der Waals surface area contributed by atoms with Crippen LogP contribution in [0.15, 0.2) is 16.2 Å². The topological polar surface area (TPSA) is 38.0 Å². The number of rotatable bonds is 3. The molecule has 0 aliphatic carbocycles. The van der Waals surface area contributed by atoms with Gasteiger partial charge in [-0.05, 0) is 33.5 Å². The fourth-order valence-electron chi connectivity index (χ4n) is 1.15. The van der Waals surface area contributed by atoms with Gasteiger partial charge in [-0.25, -0.2) is 0 Å². The van der Waals surface area contributed by atoms with Crippen LogP contribution in [-0.2, 0) is 7.05 Å². The van der Waals surface area contributed by atoms with Gasteiger partial charge in [-0.1, -0.05) is 13.8 Å². The van der Waals surface area contributed by atoms with Gasteiger partial charge in [0.25, 0.3) is 0 Å². The van der Waals surface area contributed by atoms with Gasteiger partial charge < -0.3 is 5.11 Å². The minimum atomic E-state index is 0.0925. The summed E-state index contributed by atoms with van der Waals surface area (Å²) in [4.78, 5) is 0. The highest BCUT2D eigenvalue weighted by Gasteiger charge is 2.07. The van der Waals surface area contributed by atoms with Crippen molar-refractivity contribution in [1.82, 2.24) is 9.78 Å². The molecule has 0 unspecified atom stereocenters. The van der Waals surface area contributed by atoms with Crippen molar-refractivity contribution in [2.45, 2.75) is 13.8 Å². The maximum atomic E-state index is 9.16. The second kappa shape index (κ2) is 4.75. The highest BCUT2D eigenvalue weighted by molar-refractivity contribution is 9.10. The Kier molecular flexibility index (Phi) is 3.89.